The first kappa shape index (κ1) is 8.69. The molecule has 0 spiro atoms. The highest BCUT2D eigenvalue weighted by atomic mass is 32.1. The van der Waals surface area contributed by atoms with Gasteiger partial charge in [-0.15, -0.1) is 0 Å². The Kier molecular flexibility index (Phi) is 4.40. The van der Waals surface area contributed by atoms with Crippen molar-refractivity contribution in [1.82, 2.24) is 5.32 Å². The molecular formula is C6H12NOS. The zero-order valence-electron chi connectivity index (χ0n) is 5.81. The fraction of sp³-hybridized carbons (Fsp3) is 0.833. The minimum atomic E-state index is -0.344. The molecule has 0 fully saturated rings. The van der Waals surface area contributed by atoms with Crippen molar-refractivity contribution in [3.05, 3.63) is 0 Å². The third-order valence-corrected chi connectivity index (χ3v) is 1.43. The summed E-state index contributed by atoms with van der Waals surface area (Å²) < 4.78 is 0. The van der Waals surface area contributed by atoms with Gasteiger partial charge < -0.3 is 5.32 Å². The van der Waals surface area contributed by atoms with Crippen LogP contribution < -0.4 is 5.32 Å². The Balaban J connectivity index is 3.43. The highest BCUT2D eigenvalue weighted by Gasteiger charge is 2.02. The molecule has 0 saturated carbocycles. The van der Waals surface area contributed by atoms with Crippen LogP contribution >= 0.6 is 12.2 Å². The van der Waals surface area contributed by atoms with E-state index in [2.05, 4.69) is 17.5 Å². The lowest BCUT2D eigenvalue weighted by Crippen LogP contribution is -2.31. The predicted molar refractivity (Wildman–Crippen MR) is 40.8 cm³/mol. The fourth-order valence-electron chi connectivity index (χ4n) is 0.659. The third-order valence-electron chi connectivity index (χ3n) is 1.31. The zero-order chi connectivity index (χ0) is 7.28. The summed E-state index contributed by atoms with van der Waals surface area (Å²) in [6, 6.07) is 0.273. The molecule has 0 saturated heterocycles. The van der Waals surface area contributed by atoms with Crippen molar-refractivity contribution < 1.29 is 5.11 Å². The molecule has 0 heterocycles. The van der Waals surface area contributed by atoms with Crippen LogP contribution in [0.2, 0.25) is 0 Å². The average molecular weight is 146 g/mol. The Bertz CT molecular complexity index is 91.1. The predicted octanol–water partition coefficient (Wildman–Crippen LogP) is 1.48. The number of nitrogens with one attached hydrogen (secondary N) is 1. The van der Waals surface area contributed by atoms with Gasteiger partial charge in [-0.25, -0.2) is 0 Å². The van der Waals surface area contributed by atoms with E-state index in [-0.39, 0.29) is 11.2 Å². The van der Waals surface area contributed by atoms with Crippen molar-refractivity contribution in [3.8, 4) is 0 Å². The summed E-state index contributed by atoms with van der Waals surface area (Å²) in [5, 5.41) is 12.6. The maximum absolute atomic E-state index is 10.3. The van der Waals surface area contributed by atoms with E-state index in [0.29, 0.717) is 0 Å². The Morgan fingerprint density at radius 2 is 2.00 bits per heavy atom. The Morgan fingerprint density at radius 1 is 1.56 bits per heavy atom. The van der Waals surface area contributed by atoms with Crippen LogP contribution in [0, 0.1) is 0 Å². The summed E-state index contributed by atoms with van der Waals surface area (Å²) in [4.78, 5) is 0. The van der Waals surface area contributed by atoms with Crippen molar-refractivity contribution >= 4 is 17.4 Å². The van der Waals surface area contributed by atoms with Gasteiger partial charge >= 0.3 is 5.17 Å². The van der Waals surface area contributed by atoms with E-state index < -0.39 is 0 Å². The molecule has 0 aromatic carbocycles. The van der Waals surface area contributed by atoms with Gasteiger partial charge in [0.1, 0.15) is 0 Å². The molecule has 0 aromatic rings. The van der Waals surface area contributed by atoms with Crippen LogP contribution in [-0.4, -0.2) is 11.2 Å². The molecule has 1 radical (unpaired) electrons. The van der Waals surface area contributed by atoms with Crippen molar-refractivity contribution in [2.75, 3.05) is 0 Å². The second kappa shape index (κ2) is 4.56. The van der Waals surface area contributed by atoms with E-state index in [9.17, 15) is 5.11 Å². The topological polar surface area (TPSA) is 31.9 Å². The monoisotopic (exact) mass is 146 g/mol. The van der Waals surface area contributed by atoms with Crippen molar-refractivity contribution in [2.24, 2.45) is 0 Å². The average Bonchev–Trinajstić information content (AvgIpc) is 1.82. The summed E-state index contributed by atoms with van der Waals surface area (Å²) in [6.45, 7) is 4.05. The quantitative estimate of drug-likeness (QED) is 0.611. The van der Waals surface area contributed by atoms with Crippen molar-refractivity contribution in [3.63, 3.8) is 0 Å². The van der Waals surface area contributed by atoms with Gasteiger partial charge in [-0.3, -0.25) is 5.11 Å². The molecule has 3 heteroatoms. The molecule has 53 valence electrons. The highest BCUT2D eigenvalue weighted by molar-refractivity contribution is 7.79. The van der Waals surface area contributed by atoms with E-state index in [0.717, 1.165) is 12.8 Å². The molecule has 0 aromatic heterocycles. The van der Waals surface area contributed by atoms with E-state index >= 15 is 0 Å². The summed E-state index contributed by atoms with van der Waals surface area (Å²) in [6.07, 6.45) is 1.91. The van der Waals surface area contributed by atoms with Crippen molar-refractivity contribution in [2.45, 2.75) is 32.7 Å². The molecule has 0 unspecified atom stereocenters. The SMILES string of the molecule is CCC(CC)NC([O])=S. The minimum absolute atomic E-state index is 0.273. The first-order valence-corrected chi connectivity index (χ1v) is 3.59. The zero-order valence-corrected chi connectivity index (χ0v) is 6.62. The molecule has 0 rings (SSSR count). The lowest BCUT2D eigenvalue weighted by Gasteiger charge is -2.10. The first-order valence-electron chi connectivity index (χ1n) is 3.18. The van der Waals surface area contributed by atoms with E-state index in [4.69, 9.17) is 0 Å². The van der Waals surface area contributed by atoms with Crippen LogP contribution in [-0.2, 0) is 5.11 Å². The fourth-order valence-corrected chi connectivity index (χ4v) is 0.826. The van der Waals surface area contributed by atoms with Gasteiger partial charge in [-0.05, 0) is 25.1 Å². The summed E-state index contributed by atoms with van der Waals surface area (Å²) in [5.74, 6) is 0. The summed E-state index contributed by atoms with van der Waals surface area (Å²) in [5.41, 5.74) is 0. The van der Waals surface area contributed by atoms with Crippen LogP contribution in [0.5, 0.6) is 0 Å². The molecule has 0 aliphatic carbocycles. The second-order valence-electron chi connectivity index (χ2n) is 1.95. The summed E-state index contributed by atoms with van der Waals surface area (Å²) in [7, 11) is 0. The molecule has 0 aliphatic heterocycles. The number of thiocarbonyl (C=S) groups is 1. The number of rotatable bonds is 3. The lowest BCUT2D eigenvalue weighted by molar-refractivity contribution is 0.394. The lowest BCUT2D eigenvalue weighted by atomic mass is 10.2. The van der Waals surface area contributed by atoms with Gasteiger partial charge in [-0.1, -0.05) is 13.8 Å². The van der Waals surface area contributed by atoms with Crippen LogP contribution in [0.15, 0.2) is 0 Å². The Labute approximate surface area is 61.3 Å². The number of hydrogen-bond donors (Lipinski definition) is 1. The molecule has 2 nitrogen and oxygen atoms in total. The molecule has 0 bridgehead atoms. The van der Waals surface area contributed by atoms with Crippen LogP contribution in [0.4, 0.5) is 0 Å². The minimum Gasteiger partial charge on any atom is -0.340 e. The summed E-state index contributed by atoms with van der Waals surface area (Å²) >= 11 is 4.34. The number of hydrogen-bond acceptors (Lipinski definition) is 1. The van der Waals surface area contributed by atoms with E-state index in [1.807, 2.05) is 13.8 Å². The third kappa shape index (κ3) is 4.21. The second-order valence-corrected chi connectivity index (χ2v) is 2.32. The maximum atomic E-state index is 10.3. The van der Waals surface area contributed by atoms with Crippen LogP contribution in [0.1, 0.15) is 26.7 Å². The van der Waals surface area contributed by atoms with Gasteiger partial charge in [0, 0.05) is 6.04 Å². The van der Waals surface area contributed by atoms with E-state index in [1.54, 1.807) is 0 Å². The van der Waals surface area contributed by atoms with Gasteiger partial charge in [0.25, 0.3) is 0 Å². The standard InChI is InChI=1S/C6H12NOS/c1-3-5(4-2)7-6(8)9/h5H,3-4H2,1-2H3,(H,7,9). The Hall–Kier alpha value is -0.310. The molecular weight excluding hydrogens is 134 g/mol. The molecule has 0 atom stereocenters. The normalized spacial score (nSPS) is 9.67. The molecule has 0 aliphatic rings. The van der Waals surface area contributed by atoms with E-state index in [1.165, 1.54) is 0 Å². The smallest absolute Gasteiger partial charge is 0.310 e. The molecule has 9 heavy (non-hydrogen) atoms. The van der Waals surface area contributed by atoms with Crippen LogP contribution in [0.25, 0.3) is 0 Å². The van der Waals surface area contributed by atoms with Crippen molar-refractivity contribution in [1.29, 1.82) is 0 Å². The molecule has 0 amide bonds. The molecule has 1 N–H and O–H groups in total. The van der Waals surface area contributed by atoms with Gasteiger partial charge in [0.05, 0.1) is 0 Å². The van der Waals surface area contributed by atoms with Gasteiger partial charge in [0.15, 0.2) is 0 Å². The largest absolute Gasteiger partial charge is 0.340 e. The maximum Gasteiger partial charge on any atom is 0.310 e. The van der Waals surface area contributed by atoms with Gasteiger partial charge in [-0.2, -0.15) is 0 Å². The first-order chi connectivity index (χ1) is 4.20. The Morgan fingerprint density at radius 3 is 2.11 bits per heavy atom. The highest BCUT2D eigenvalue weighted by Crippen LogP contribution is 1.94. The van der Waals surface area contributed by atoms with Crippen LogP contribution in [0.3, 0.4) is 0 Å². The van der Waals surface area contributed by atoms with Gasteiger partial charge in [0.2, 0.25) is 0 Å².